The number of nitrogens with one attached hydrogen (secondary N) is 1. The molecule has 2 rings (SSSR count). The van der Waals surface area contributed by atoms with Gasteiger partial charge in [0.2, 0.25) is 0 Å². The second-order valence-electron chi connectivity index (χ2n) is 4.17. The SMILES string of the molecule is CNC1CCN(Cc2cc(Br)c(Cl)s2)CC1. The van der Waals surface area contributed by atoms with Crippen LogP contribution in [0, 0.1) is 0 Å². The summed E-state index contributed by atoms with van der Waals surface area (Å²) < 4.78 is 1.89. The van der Waals surface area contributed by atoms with Gasteiger partial charge in [-0.3, -0.25) is 4.90 Å². The van der Waals surface area contributed by atoms with E-state index in [1.807, 2.05) is 0 Å². The lowest BCUT2D eigenvalue weighted by Crippen LogP contribution is -2.40. The Morgan fingerprint density at radius 1 is 1.56 bits per heavy atom. The maximum Gasteiger partial charge on any atom is 0.107 e. The van der Waals surface area contributed by atoms with E-state index >= 15 is 0 Å². The zero-order valence-corrected chi connectivity index (χ0v) is 12.5. The van der Waals surface area contributed by atoms with Crippen LogP contribution in [-0.4, -0.2) is 31.1 Å². The van der Waals surface area contributed by atoms with Gasteiger partial charge in [-0.2, -0.15) is 0 Å². The maximum atomic E-state index is 6.04. The lowest BCUT2D eigenvalue weighted by molar-refractivity contribution is 0.196. The summed E-state index contributed by atoms with van der Waals surface area (Å²) in [6, 6.07) is 2.84. The third kappa shape index (κ3) is 3.20. The van der Waals surface area contributed by atoms with Crippen molar-refractivity contribution in [2.75, 3.05) is 20.1 Å². The fourth-order valence-electron chi connectivity index (χ4n) is 2.07. The normalized spacial score (nSPS) is 19.2. The van der Waals surface area contributed by atoms with E-state index < -0.39 is 0 Å². The zero-order valence-electron chi connectivity index (χ0n) is 9.30. The van der Waals surface area contributed by atoms with Crippen LogP contribution in [0.4, 0.5) is 0 Å². The largest absolute Gasteiger partial charge is 0.317 e. The number of piperidine rings is 1. The summed E-state index contributed by atoms with van der Waals surface area (Å²) in [4.78, 5) is 3.85. The van der Waals surface area contributed by atoms with E-state index in [1.54, 1.807) is 11.3 Å². The summed E-state index contributed by atoms with van der Waals surface area (Å²) in [5.41, 5.74) is 0. The molecular weight excluding hydrogens is 308 g/mol. The van der Waals surface area contributed by atoms with E-state index in [0.29, 0.717) is 6.04 Å². The third-order valence-electron chi connectivity index (χ3n) is 3.07. The molecule has 0 aliphatic carbocycles. The van der Waals surface area contributed by atoms with E-state index in [4.69, 9.17) is 11.6 Å². The zero-order chi connectivity index (χ0) is 11.5. The van der Waals surface area contributed by atoms with Gasteiger partial charge in [0.1, 0.15) is 4.34 Å². The summed E-state index contributed by atoms with van der Waals surface area (Å²) in [5.74, 6) is 0. The third-order valence-corrected chi connectivity index (χ3v) is 5.53. The molecule has 0 atom stereocenters. The quantitative estimate of drug-likeness (QED) is 0.917. The van der Waals surface area contributed by atoms with E-state index in [-0.39, 0.29) is 0 Å². The lowest BCUT2D eigenvalue weighted by Gasteiger charge is -2.31. The maximum absolute atomic E-state index is 6.04. The average Bonchev–Trinajstić information content (AvgIpc) is 2.59. The molecule has 2 nitrogen and oxygen atoms in total. The minimum absolute atomic E-state index is 0.704. The highest BCUT2D eigenvalue weighted by Crippen LogP contribution is 2.32. The summed E-state index contributed by atoms with van der Waals surface area (Å²) >= 11 is 11.2. The highest BCUT2D eigenvalue weighted by Gasteiger charge is 2.18. The fourth-order valence-corrected chi connectivity index (χ4v) is 3.90. The van der Waals surface area contributed by atoms with Gasteiger partial charge < -0.3 is 5.32 Å². The first-order chi connectivity index (χ1) is 7.69. The van der Waals surface area contributed by atoms with Crippen LogP contribution in [-0.2, 0) is 6.54 Å². The Kier molecular flexibility index (Phi) is 4.67. The molecule has 0 spiro atoms. The Balaban J connectivity index is 1.87. The van der Waals surface area contributed by atoms with E-state index in [0.717, 1.165) is 15.4 Å². The molecule has 0 bridgehead atoms. The number of hydrogen-bond donors (Lipinski definition) is 1. The first-order valence-corrected chi connectivity index (χ1v) is 7.51. The molecule has 1 aliphatic heterocycles. The molecule has 1 saturated heterocycles. The van der Waals surface area contributed by atoms with Crippen molar-refractivity contribution in [2.45, 2.75) is 25.4 Å². The molecule has 0 radical (unpaired) electrons. The minimum Gasteiger partial charge on any atom is -0.317 e. The van der Waals surface area contributed by atoms with Crippen molar-refractivity contribution in [2.24, 2.45) is 0 Å². The Bertz CT molecular complexity index is 328. The first-order valence-electron chi connectivity index (χ1n) is 5.52. The van der Waals surface area contributed by atoms with Gasteiger partial charge in [0.05, 0.1) is 0 Å². The molecule has 1 aromatic rings. The van der Waals surface area contributed by atoms with Crippen LogP contribution in [0.1, 0.15) is 17.7 Å². The molecule has 5 heteroatoms. The van der Waals surface area contributed by atoms with Gasteiger partial charge in [-0.05, 0) is 55.0 Å². The van der Waals surface area contributed by atoms with Gasteiger partial charge in [-0.1, -0.05) is 11.6 Å². The predicted molar refractivity (Wildman–Crippen MR) is 74.4 cm³/mol. The number of thiophene rings is 1. The number of hydrogen-bond acceptors (Lipinski definition) is 3. The second kappa shape index (κ2) is 5.83. The smallest absolute Gasteiger partial charge is 0.107 e. The molecule has 1 N–H and O–H groups in total. The standard InChI is InChI=1S/C11H16BrClN2S/c1-14-8-2-4-15(5-3-8)7-9-6-10(12)11(13)16-9/h6,8,14H,2-5,7H2,1H3. The van der Waals surface area contributed by atoms with E-state index in [1.165, 1.54) is 30.8 Å². The average molecular weight is 324 g/mol. The van der Waals surface area contributed by atoms with Crippen LogP contribution in [0.25, 0.3) is 0 Å². The van der Waals surface area contributed by atoms with Gasteiger partial charge in [0.15, 0.2) is 0 Å². The number of nitrogens with zero attached hydrogens (tertiary/aromatic N) is 1. The molecule has 2 heterocycles. The summed E-state index contributed by atoms with van der Waals surface area (Å²) in [5, 5.41) is 3.35. The predicted octanol–water partition coefficient (Wildman–Crippen LogP) is 3.35. The second-order valence-corrected chi connectivity index (χ2v) is 6.77. The number of rotatable bonds is 3. The Labute approximate surface area is 114 Å². The van der Waals surface area contributed by atoms with Crippen molar-refractivity contribution >= 4 is 38.9 Å². The molecule has 1 aliphatic rings. The first kappa shape index (κ1) is 12.8. The molecule has 16 heavy (non-hydrogen) atoms. The van der Waals surface area contributed by atoms with Crippen LogP contribution < -0.4 is 5.32 Å². The molecule has 0 amide bonds. The Morgan fingerprint density at radius 3 is 2.75 bits per heavy atom. The molecule has 1 fully saturated rings. The number of likely N-dealkylation sites (tertiary alicyclic amines) is 1. The summed E-state index contributed by atoms with van der Waals surface area (Å²) in [6.45, 7) is 3.39. The van der Waals surface area contributed by atoms with Crippen LogP contribution in [0.3, 0.4) is 0 Å². The van der Waals surface area contributed by atoms with Crippen molar-refractivity contribution < 1.29 is 0 Å². The van der Waals surface area contributed by atoms with Crippen molar-refractivity contribution in [1.82, 2.24) is 10.2 Å². The summed E-state index contributed by atoms with van der Waals surface area (Å²) in [6.07, 6.45) is 2.49. The van der Waals surface area contributed by atoms with Crippen LogP contribution in [0.5, 0.6) is 0 Å². The van der Waals surface area contributed by atoms with E-state index in [2.05, 4.69) is 39.3 Å². The summed E-state index contributed by atoms with van der Waals surface area (Å²) in [7, 11) is 2.05. The van der Waals surface area contributed by atoms with E-state index in [9.17, 15) is 0 Å². The van der Waals surface area contributed by atoms with Crippen LogP contribution in [0.15, 0.2) is 10.5 Å². The molecular formula is C11H16BrClN2S. The Hall–Kier alpha value is 0.390. The highest BCUT2D eigenvalue weighted by atomic mass is 79.9. The minimum atomic E-state index is 0.704. The Morgan fingerprint density at radius 2 is 2.25 bits per heavy atom. The van der Waals surface area contributed by atoms with Gasteiger partial charge in [-0.25, -0.2) is 0 Å². The van der Waals surface area contributed by atoms with Crippen LogP contribution >= 0.6 is 38.9 Å². The topological polar surface area (TPSA) is 15.3 Å². The van der Waals surface area contributed by atoms with Crippen molar-refractivity contribution in [3.8, 4) is 0 Å². The van der Waals surface area contributed by atoms with Crippen molar-refractivity contribution in [3.05, 3.63) is 19.8 Å². The monoisotopic (exact) mass is 322 g/mol. The van der Waals surface area contributed by atoms with Crippen molar-refractivity contribution in [1.29, 1.82) is 0 Å². The van der Waals surface area contributed by atoms with Gasteiger partial charge in [-0.15, -0.1) is 11.3 Å². The van der Waals surface area contributed by atoms with Crippen molar-refractivity contribution in [3.63, 3.8) is 0 Å². The lowest BCUT2D eigenvalue weighted by atomic mass is 10.1. The van der Waals surface area contributed by atoms with Gasteiger partial charge in [0.25, 0.3) is 0 Å². The fraction of sp³-hybridized carbons (Fsp3) is 0.636. The molecule has 90 valence electrons. The molecule has 0 saturated carbocycles. The van der Waals surface area contributed by atoms with Crippen LogP contribution in [0.2, 0.25) is 4.34 Å². The molecule has 0 unspecified atom stereocenters. The van der Waals surface area contributed by atoms with Gasteiger partial charge in [0, 0.05) is 21.9 Å². The van der Waals surface area contributed by atoms with Gasteiger partial charge >= 0.3 is 0 Å². The highest BCUT2D eigenvalue weighted by molar-refractivity contribution is 9.10. The molecule has 0 aromatic carbocycles. The number of halogens is 2. The molecule has 1 aromatic heterocycles.